The second-order valence-electron chi connectivity index (χ2n) is 5.68. The van der Waals surface area contributed by atoms with Crippen molar-refractivity contribution in [2.45, 2.75) is 65.7 Å². The van der Waals surface area contributed by atoms with E-state index < -0.39 is 23.7 Å². The predicted octanol–water partition coefficient (Wildman–Crippen LogP) is 2.26. The SMILES string of the molecule is CCCO[C@@H](C)COC(=O)[C@H](C)NC(=O)OC(C)(C)C. The number of alkyl carbamates (subject to hydrolysis) is 1. The van der Waals surface area contributed by atoms with Crippen LogP contribution in [0.5, 0.6) is 0 Å². The fourth-order valence-corrected chi connectivity index (χ4v) is 1.23. The molecule has 0 unspecified atom stereocenters. The Bertz CT molecular complexity index is 311. The van der Waals surface area contributed by atoms with Crippen molar-refractivity contribution in [1.82, 2.24) is 5.32 Å². The highest BCUT2D eigenvalue weighted by Gasteiger charge is 2.22. The van der Waals surface area contributed by atoms with Crippen molar-refractivity contribution >= 4 is 12.1 Å². The average Bonchev–Trinajstić information content (AvgIpc) is 2.30. The summed E-state index contributed by atoms with van der Waals surface area (Å²) in [7, 11) is 0. The van der Waals surface area contributed by atoms with E-state index in [4.69, 9.17) is 14.2 Å². The summed E-state index contributed by atoms with van der Waals surface area (Å²) in [6.45, 7) is 11.4. The van der Waals surface area contributed by atoms with Crippen molar-refractivity contribution in [3.05, 3.63) is 0 Å². The van der Waals surface area contributed by atoms with Gasteiger partial charge in [0, 0.05) is 6.61 Å². The van der Waals surface area contributed by atoms with Gasteiger partial charge in [0.05, 0.1) is 6.10 Å². The van der Waals surface area contributed by atoms with Gasteiger partial charge >= 0.3 is 12.1 Å². The van der Waals surface area contributed by atoms with Crippen LogP contribution in [0.2, 0.25) is 0 Å². The zero-order valence-corrected chi connectivity index (χ0v) is 13.3. The van der Waals surface area contributed by atoms with Gasteiger partial charge in [-0.05, 0) is 41.0 Å². The molecule has 0 spiro atoms. The van der Waals surface area contributed by atoms with Crippen LogP contribution in [0.4, 0.5) is 4.79 Å². The number of esters is 1. The van der Waals surface area contributed by atoms with Crippen molar-refractivity contribution in [2.75, 3.05) is 13.2 Å². The molecule has 0 aliphatic heterocycles. The lowest BCUT2D eigenvalue weighted by atomic mass is 10.2. The highest BCUT2D eigenvalue weighted by atomic mass is 16.6. The van der Waals surface area contributed by atoms with E-state index in [2.05, 4.69) is 5.32 Å². The summed E-state index contributed by atoms with van der Waals surface area (Å²) in [5.74, 6) is -0.511. The molecule has 1 amide bonds. The lowest BCUT2D eigenvalue weighted by molar-refractivity contribution is -0.149. The molecule has 0 aliphatic rings. The van der Waals surface area contributed by atoms with E-state index >= 15 is 0 Å². The minimum absolute atomic E-state index is 0.160. The first-order chi connectivity index (χ1) is 9.15. The van der Waals surface area contributed by atoms with Crippen LogP contribution < -0.4 is 5.32 Å². The topological polar surface area (TPSA) is 73.9 Å². The van der Waals surface area contributed by atoms with Crippen molar-refractivity contribution in [1.29, 1.82) is 0 Å². The molecule has 0 saturated carbocycles. The fraction of sp³-hybridized carbons (Fsp3) is 0.857. The maximum Gasteiger partial charge on any atom is 0.408 e. The van der Waals surface area contributed by atoms with E-state index in [1.54, 1.807) is 27.7 Å². The number of nitrogens with one attached hydrogen (secondary N) is 1. The summed E-state index contributed by atoms with van der Waals surface area (Å²) in [6.07, 6.45) is 0.111. The molecule has 0 aromatic carbocycles. The third kappa shape index (κ3) is 9.61. The number of rotatable bonds is 7. The second-order valence-corrected chi connectivity index (χ2v) is 5.68. The van der Waals surface area contributed by atoms with E-state index in [1.807, 2.05) is 13.8 Å². The molecule has 118 valence electrons. The molecule has 0 bridgehead atoms. The first-order valence-electron chi connectivity index (χ1n) is 6.93. The standard InChI is InChI=1S/C14H27NO5/c1-7-8-18-10(2)9-19-12(16)11(3)15-13(17)20-14(4,5)6/h10-11H,7-9H2,1-6H3,(H,15,17)/t10-,11-/m0/s1. The maximum atomic E-state index is 11.7. The van der Waals surface area contributed by atoms with Crippen molar-refractivity contribution in [2.24, 2.45) is 0 Å². The van der Waals surface area contributed by atoms with Gasteiger partial charge in [-0.3, -0.25) is 0 Å². The number of carbonyl (C=O) groups is 2. The van der Waals surface area contributed by atoms with Crippen LogP contribution in [0.15, 0.2) is 0 Å². The first-order valence-corrected chi connectivity index (χ1v) is 6.93. The molecule has 0 fully saturated rings. The van der Waals surface area contributed by atoms with Crippen LogP contribution in [0, 0.1) is 0 Å². The molecular weight excluding hydrogens is 262 g/mol. The van der Waals surface area contributed by atoms with Gasteiger partial charge in [0.15, 0.2) is 0 Å². The summed E-state index contributed by atoms with van der Waals surface area (Å²) in [4.78, 5) is 23.2. The summed E-state index contributed by atoms with van der Waals surface area (Å²) in [6, 6.07) is -0.761. The Kier molecular flexibility index (Phi) is 8.22. The Morgan fingerprint density at radius 2 is 1.80 bits per heavy atom. The third-order valence-corrected chi connectivity index (χ3v) is 2.15. The Labute approximate surface area is 121 Å². The molecule has 2 atom stereocenters. The van der Waals surface area contributed by atoms with E-state index in [0.717, 1.165) is 6.42 Å². The highest BCUT2D eigenvalue weighted by Crippen LogP contribution is 2.07. The van der Waals surface area contributed by atoms with Gasteiger partial charge in [0.1, 0.15) is 18.2 Å². The average molecular weight is 289 g/mol. The molecule has 6 heteroatoms. The van der Waals surface area contributed by atoms with E-state index in [1.165, 1.54) is 0 Å². The molecule has 0 radical (unpaired) electrons. The van der Waals surface area contributed by atoms with Gasteiger partial charge in [-0.1, -0.05) is 6.92 Å². The number of amides is 1. The summed E-state index contributed by atoms with van der Waals surface area (Å²) < 4.78 is 15.5. The number of hydrogen-bond donors (Lipinski definition) is 1. The predicted molar refractivity (Wildman–Crippen MR) is 75.5 cm³/mol. The molecule has 0 aliphatic carbocycles. The Hall–Kier alpha value is -1.30. The van der Waals surface area contributed by atoms with Gasteiger partial charge in [-0.2, -0.15) is 0 Å². The van der Waals surface area contributed by atoms with Gasteiger partial charge in [-0.15, -0.1) is 0 Å². The van der Waals surface area contributed by atoms with Crippen LogP contribution in [0.1, 0.15) is 48.0 Å². The lowest BCUT2D eigenvalue weighted by Gasteiger charge is -2.21. The zero-order chi connectivity index (χ0) is 15.8. The third-order valence-electron chi connectivity index (χ3n) is 2.15. The van der Waals surface area contributed by atoms with Crippen LogP contribution in [0.3, 0.4) is 0 Å². The summed E-state index contributed by atoms with van der Waals surface area (Å²) in [5.41, 5.74) is -0.601. The Balaban J connectivity index is 4.00. The molecular formula is C14H27NO5. The fourth-order valence-electron chi connectivity index (χ4n) is 1.23. The molecule has 20 heavy (non-hydrogen) atoms. The summed E-state index contributed by atoms with van der Waals surface area (Å²) >= 11 is 0. The minimum Gasteiger partial charge on any atom is -0.461 e. The molecule has 6 nitrogen and oxygen atoms in total. The lowest BCUT2D eigenvalue weighted by Crippen LogP contribution is -2.43. The van der Waals surface area contributed by atoms with Gasteiger partial charge < -0.3 is 19.5 Å². The van der Waals surface area contributed by atoms with Gasteiger partial charge in [0.25, 0.3) is 0 Å². The van der Waals surface area contributed by atoms with Crippen LogP contribution >= 0.6 is 0 Å². The molecule has 0 heterocycles. The van der Waals surface area contributed by atoms with E-state index in [9.17, 15) is 9.59 Å². The van der Waals surface area contributed by atoms with E-state index in [-0.39, 0.29) is 12.7 Å². The van der Waals surface area contributed by atoms with Crippen LogP contribution in [0.25, 0.3) is 0 Å². The number of ether oxygens (including phenoxy) is 3. The molecule has 1 N–H and O–H groups in total. The molecule has 0 aromatic heterocycles. The van der Waals surface area contributed by atoms with Gasteiger partial charge in [0.2, 0.25) is 0 Å². The monoisotopic (exact) mass is 289 g/mol. The largest absolute Gasteiger partial charge is 0.461 e. The number of carbonyl (C=O) groups excluding carboxylic acids is 2. The smallest absolute Gasteiger partial charge is 0.408 e. The zero-order valence-electron chi connectivity index (χ0n) is 13.3. The first kappa shape index (κ1) is 18.7. The van der Waals surface area contributed by atoms with Crippen molar-refractivity contribution < 1.29 is 23.8 Å². The quantitative estimate of drug-likeness (QED) is 0.728. The number of hydrogen-bond acceptors (Lipinski definition) is 5. The van der Waals surface area contributed by atoms with Crippen LogP contribution in [-0.2, 0) is 19.0 Å². The van der Waals surface area contributed by atoms with Crippen molar-refractivity contribution in [3.8, 4) is 0 Å². The van der Waals surface area contributed by atoms with Gasteiger partial charge in [-0.25, -0.2) is 9.59 Å². The molecule has 0 saturated heterocycles. The van der Waals surface area contributed by atoms with Crippen molar-refractivity contribution in [3.63, 3.8) is 0 Å². The molecule has 0 aromatic rings. The van der Waals surface area contributed by atoms with E-state index in [0.29, 0.717) is 6.61 Å². The maximum absolute atomic E-state index is 11.7. The highest BCUT2D eigenvalue weighted by molar-refractivity contribution is 5.81. The Morgan fingerprint density at radius 3 is 2.30 bits per heavy atom. The minimum atomic E-state index is -0.761. The second kappa shape index (κ2) is 8.79. The molecule has 0 rings (SSSR count). The normalized spacial score (nSPS) is 14.3. The Morgan fingerprint density at radius 1 is 1.20 bits per heavy atom. The van der Waals surface area contributed by atoms with Crippen LogP contribution in [-0.4, -0.2) is 43.0 Å². The summed E-state index contributed by atoms with van der Waals surface area (Å²) in [5, 5.41) is 2.43.